The van der Waals surface area contributed by atoms with Gasteiger partial charge >= 0.3 is 0 Å². The van der Waals surface area contributed by atoms with Gasteiger partial charge in [0.15, 0.2) is 5.65 Å². The van der Waals surface area contributed by atoms with Gasteiger partial charge in [-0.25, -0.2) is 4.98 Å². The van der Waals surface area contributed by atoms with E-state index >= 15 is 0 Å². The summed E-state index contributed by atoms with van der Waals surface area (Å²) in [5, 5.41) is 4.63. The molecule has 2 aliphatic heterocycles. The Balaban J connectivity index is 1.59. The van der Waals surface area contributed by atoms with Gasteiger partial charge in [-0.2, -0.15) is 9.61 Å². The fourth-order valence-electron chi connectivity index (χ4n) is 3.43. The first kappa shape index (κ1) is 14.9. The monoisotopic (exact) mass is 315 g/mol. The molecule has 0 atom stereocenters. The maximum Gasteiger partial charge on any atom is 0.157 e. The third kappa shape index (κ3) is 2.70. The molecule has 2 saturated heterocycles. The first-order chi connectivity index (χ1) is 11.1. The molecule has 0 aromatic carbocycles. The minimum absolute atomic E-state index is 0.422. The van der Waals surface area contributed by atoms with Gasteiger partial charge in [-0.05, 0) is 12.8 Å². The van der Waals surface area contributed by atoms with Gasteiger partial charge < -0.3 is 9.64 Å². The summed E-state index contributed by atoms with van der Waals surface area (Å²) in [6, 6.07) is 4.91. The Kier molecular flexibility index (Phi) is 3.73. The molecular formula is C17H25N5O. The van der Waals surface area contributed by atoms with E-state index in [0.717, 1.165) is 56.4 Å². The van der Waals surface area contributed by atoms with Crippen LogP contribution in [-0.2, 0) is 4.74 Å². The number of aromatic nitrogens is 3. The second-order valence-electron chi connectivity index (χ2n) is 6.96. The smallest absolute Gasteiger partial charge is 0.157 e. The quantitative estimate of drug-likeness (QED) is 0.862. The minimum Gasteiger partial charge on any atom is -0.379 e. The van der Waals surface area contributed by atoms with E-state index in [-0.39, 0.29) is 0 Å². The van der Waals surface area contributed by atoms with E-state index in [1.165, 1.54) is 5.82 Å². The third-order valence-corrected chi connectivity index (χ3v) is 4.89. The van der Waals surface area contributed by atoms with Crippen molar-refractivity contribution in [2.75, 3.05) is 44.3 Å². The van der Waals surface area contributed by atoms with Crippen molar-refractivity contribution in [3.63, 3.8) is 0 Å². The Morgan fingerprint density at radius 2 is 1.91 bits per heavy atom. The summed E-state index contributed by atoms with van der Waals surface area (Å²) in [6.07, 6.45) is 0. The number of aryl methyl sites for hydroxylation is 1. The summed E-state index contributed by atoms with van der Waals surface area (Å²) in [7, 11) is 0. The molecule has 0 bridgehead atoms. The van der Waals surface area contributed by atoms with Crippen LogP contribution in [0.3, 0.4) is 0 Å². The van der Waals surface area contributed by atoms with Gasteiger partial charge in [-0.3, -0.25) is 4.90 Å². The molecule has 23 heavy (non-hydrogen) atoms. The molecule has 6 heteroatoms. The number of fused-ring (bicyclic) bond motifs is 1. The highest BCUT2D eigenvalue weighted by molar-refractivity contribution is 5.54. The lowest BCUT2D eigenvalue weighted by Crippen LogP contribution is -2.62. The zero-order valence-corrected chi connectivity index (χ0v) is 14.2. The van der Waals surface area contributed by atoms with Crippen molar-refractivity contribution < 1.29 is 4.74 Å². The highest BCUT2D eigenvalue weighted by Crippen LogP contribution is 2.27. The zero-order valence-electron chi connectivity index (χ0n) is 14.2. The minimum atomic E-state index is 0.422. The van der Waals surface area contributed by atoms with E-state index in [2.05, 4.69) is 40.9 Å². The van der Waals surface area contributed by atoms with E-state index in [4.69, 9.17) is 9.72 Å². The SMILES string of the molecule is Cc1cc2nc(C(C)C)cc(N3CC(N4CCOCC4)C3)n2n1. The first-order valence-corrected chi connectivity index (χ1v) is 8.56. The molecule has 124 valence electrons. The molecule has 0 N–H and O–H groups in total. The normalized spacial score (nSPS) is 20.4. The van der Waals surface area contributed by atoms with Gasteiger partial charge in [0.05, 0.1) is 18.9 Å². The molecule has 4 heterocycles. The van der Waals surface area contributed by atoms with E-state index in [0.29, 0.717) is 12.0 Å². The van der Waals surface area contributed by atoms with Crippen molar-refractivity contribution in [2.45, 2.75) is 32.7 Å². The topological polar surface area (TPSA) is 45.9 Å². The fraction of sp³-hybridized carbons (Fsp3) is 0.647. The molecule has 2 aromatic heterocycles. The predicted molar refractivity (Wildman–Crippen MR) is 90.2 cm³/mol. The number of anilines is 1. The first-order valence-electron chi connectivity index (χ1n) is 8.56. The van der Waals surface area contributed by atoms with E-state index in [1.54, 1.807) is 0 Å². The number of ether oxygens (including phenoxy) is 1. The summed E-state index contributed by atoms with van der Waals surface area (Å²) in [4.78, 5) is 9.73. The van der Waals surface area contributed by atoms with Crippen LogP contribution >= 0.6 is 0 Å². The number of rotatable bonds is 3. The summed E-state index contributed by atoms with van der Waals surface area (Å²) in [6.45, 7) is 12.4. The van der Waals surface area contributed by atoms with Crippen LogP contribution in [0.5, 0.6) is 0 Å². The molecule has 6 nitrogen and oxygen atoms in total. The van der Waals surface area contributed by atoms with Gasteiger partial charge in [0.25, 0.3) is 0 Å². The van der Waals surface area contributed by atoms with Crippen LogP contribution in [0.4, 0.5) is 5.82 Å². The molecular weight excluding hydrogens is 290 g/mol. The maximum atomic E-state index is 5.45. The van der Waals surface area contributed by atoms with Gasteiger partial charge in [-0.1, -0.05) is 13.8 Å². The molecule has 0 unspecified atom stereocenters. The summed E-state index contributed by atoms with van der Waals surface area (Å²) >= 11 is 0. The number of nitrogens with zero attached hydrogens (tertiary/aromatic N) is 5. The number of hydrogen-bond acceptors (Lipinski definition) is 5. The largest absolute Gasteiger partial charge is 0.379 e. The van der Waals surface area contributed by atoms with E-state index < -0.39 is 0 Å². The van der Waals surface area contributed by atoms with Crippen LogP contribution in [0.15, 0.2) is 12.1 Å². The molecule has 0 amide bonds. The van der Waals surface area contributed by atoms with Gasteiger partial charge in [0.2, 0.25) is 0 Å². The molecule has 0 radical (unpaired) electrons. The van der Waals surface area contributed by atoms with Crippen molar-refractivity contribution >= 4 is 11.5 Å². The van der Waals surface area contributed by atoms with Crippen LogP contribution in [0.1, 0.15) is 31.2 Å². The van der Waals surface area contributed by atoms with Crippen LogP contribution in [0, 0.1) is 6.92 Å². The van der Waals surface area contributed by atoms with E-state index in [1.807, 2.05) is 11.4 Å². The standard InChI is InChI=1S/C17H25N5O/c1-12(2)15-9-17(22-16(18-15)8-13(3)19-22)21-10-14(11-21)20-4-6-23-7-5-20/h8-9,12,14H,4-7,10-11H2,1-3H3. The maximum absolute atomic E-state index is 5.45. The van der Waals surface area contributed by atoms with Gasteiger partial charge in [0, 0.05) is 50.0 Å². The lowest BCUT2D eigenvalue weighted by molar-refractivity contribution is 0.0104. The Bertz CT molecular complexity index is 698. The van der Waals surface area contributed by atoms with Crippen LogP contribution < -0.4 is 4.90 Å². The number of morpholine rings is 1. The highest BCUT2D eigenvalue weighted by atomic mass is 16.5. The predicted octanol–water partition coefficient (Wildman–Crippen LogP) is 1.68. The molecule has 2 aromatic rings. The lowest BCUT2D eigenvalue weighted by atomic mass is 10.1. The van der Waals surface area contributed by atoms with Crippen LogP contribution in [0.2, 0.25) is 0 Å². The molecule has 2 fully saturated rings. The highest BCUT2D eigenvalue weighted by Gasteiger charge is 2.34. The zero-order chi connectivity index (χ0) is 16.0. The van der Waals surface area contributed by atoms with E-state index in [9.17, 15) is 0 Å². The van der Waals surface area contributed by atoms with Crippen molar-refractivity contribution in [2.24, 2.45) is 0 Å². The molecule has 4 rings (SSSR count). The molecule has 0 saturated carbocycles. The lowest BCUT2D eigenvalue weighted by Gasteiger charge is -2.47. The van der Waals surface area contributed by atoms with Gasteiger partial charge in [-0.15, -0.1) is 0 Å². The Morgan fingerprint density at radius 1 is 1.17 bits per heavy atom. The van der Waals surface area contributed by atoms with Crippen molar-refractivity contribution in [1.82, 2.24) is 19.5 Å². The second-order valence-corrected chi connectivity index (χ2v) is 6.96. The number of hydrogen-bond donors (Lipinski definition) is 0. The third-order valence-electron chi connectivity index (χ3n) is 4.89. The van der Waals surface area contributed by atoms with Crippen LogP contribution in [0.25, 0.3) is 5.65 Å². The molecule has 0 spiro atoms. The Hall–Kier alpha value is -1.66. The average Bonchev–Trinajstić information content (AvgIpc) is 2.87. The second kappa shape index (κ2) is 5.76. The van der Waals surface area contributed by atoms with Crippen molar-refractivity contribution in [3.8, 4) is 0 Å². The molecule has 2 aliphatic rings. The average molecular weight is 315 g/mol. The van der Waals surface area contributed by atoms with Crippen LogP contribution in [-0.4, -0.2) is 64.9 Å². The Morgan fingerprint density at radius 3 is 2.61 bits per heavy atom. The summed E-state index contributed by atoms with van der Waals surface area (Å²) in [5.74, 6) is 1.60. The van der Waals surface area contributed by atoms with Gasteiger partial charge in [0.1, 0.15) is 5.82 Å². The van der Waals surface area contributed by atoms with Crippen molar-refractivity contribution in [3.05, 3.63) is 23.5 Å². The summed E-state index contributed by atoms with van der Waals surface area (Å²) < 4.78 is 7.45. The Labute approximate surface area is 137 Å². The fourth-order valence-corrected chi connectivity index (χ4v) is 3.43. The summed E-state index contributed by atoms with van der Waals surface area (Å²) in [5.41, 5.74) is 3.12. The molecule has 0 aliphatic carbocycles. The van der Waals surface area contributed by atoms with Crippen molar-refractivity contribution in [1.29, 1.82) is 0 Å².